The SMILES string of the molecule is CC(C)[C@H](C)NC(=O)C[NH+]1CCN(c2cccc[nH+]2)CC1. The first-order chi connectivity index (χ1) is 10.1. The van der Waals surface area contributed by atoms with Crippen LogP contribution in [0.1, 0.15) is 20.8 Å². The molecule has 1 aliphatic rings. The Kier molecular flexibility index (Phi) is 5.56. The summed E-state index contributed by atoms with van der Waals surface area (Å²) in [5.74, 6) is 1.81. The van der Waals surface area contributed by atoms with E-state index in [-0.39, 0.29) is 11.9 Å². The van der Waals surface area contributed by atoms with Gasteiger partial charge in [0.1, 0.15) is 26.2 Å². The molecule has 1 saturated heterocycles. The first-order valence-electron chi connectivity index (χ1n) is 7.91. The first-order valence-corrected chi connectivity index (χ1v) is 7.91. The maximum absolute atomic E-state index is 12.0. The molecule has 21 heavy (non-hydrogen) atoms. The van der Waals surface area contributed by atoms with Crippen LogP contribution in [0.2, 0.25) is 0 Å². The van der Waals surface area contributed by atoms with Gasteiger partial charge in [0.2, 0.25) is 0 Å². The highest BCUT2D eigenvalue weighted by molar-refractivity contribution is 5.77. The second-order valence-corrected chi connectivity index (χ2v) is 6.26. The molecule has 1 aromatic heterocycles. The highest BCUT2D eigenvalue weighted by Gasteiger charge is 2.27. The summed E-state index contributed by atoms with van der Waals surface area (Å²) in [6, 6.07) is 6.39. The van der Waals surface area contributed by atoms with Crippen LogP contribution in [0.3, 0.4) is 0 Å². The highest BCUT2D eigenvalue weighted by Crippen LogP contribution is 2.04. The van der Waals surface area contributed by atoms with E-state index in [0.29, 0.717) is 12.5 Å². The molecule has 5 heteroatoms. The Morgan fingerprint density at radius 3 is 2.62 bits per heavy atom. The van der Waals surface area contributed by atoms with Crippen LogP contribution in [0.15, 0.2) is 24.4 Å². The fourth-order valence-electron chi connectivity index (χ4n) is 2.52. The molecule has 2 rings (SSSR count). The number of anilines is 1. The van der Waals surface area contributed by atoms with Gasteiger partial charge in [0, 0.05) is 12.1 Å². The fourth-order valence-corrected chi connectivity index (χ4v) is 2.52. The summed E-state index contributed by atoms with van der Waals surface area (Å²) >= 11 is 0. The van der Waals surface area contributed by atoms with E-state index in [1.54, 1.807) is 0 Å². The van der Waals surface area contributed by atoms with E-state index in [1.807, 2.05) is 18.3 Å². The molecule has 0 aromatic carbocycles. The number of amides is 1. The lowest BCUT2D eigenvalue weighted by molar-refractivity contribution is -0.892. The largest absolute Gasteiger partial charge is 0.348 e. The number of nitrogens with one attached hydrogen (secondary N) is 3. The molecular formula is C16H28N4O+2. The van der Waals surface area contributed by atoms with Crippen molar-refractivity contribution in [3.63, 3.8) is 0 Å². The van der Waals surface area contributed by atoms with E-state index in [2.05, 4.69) is 42.0 Å². The van der Waals surface area contributed by atoms with Crippen LogP contribution in [-0.4, -0.2) is 44.7 Å². The molecule has 1 fully saturated rings. The Labute approximate surface area is 127 Å². The zero-order valence-electron chi connectivity index (χ0n) is 13.4. The van der Waals surface area contributed by atoms with Crippen LogP contribution in [0.5, 0.6) is 0 Å². The van der Waals surface area contributed by atoms with Crippen molar-refractivity contribution in [1.29, 1.82) is 0 Å². The minimum Gasteiger partial charge on any atom is -0.348 e. The summed E-state index contributed by atoms with van der Waals surface area (Å²) in [6.07, 6.45) is 1.95. The molecule has 1 amide bonds. The topological polar surface area (TPSA) is 50.9 Å². The molecule has 1 atom stereocenters. The molecule has 0 unspecified atom stereocenters. The predicted octanol–water partition coefficient (Wildman–Crippen LogP) is -0.634. The highest BCUT2D eigenvalue weighted by atomic mass is 16.2. The van der Waals surface area contributed by atoms with Gasteiger partial charge in [-0.15, -0.1) is 0 Å². The lowest BCUT2D eigenvalue weighted by Gasteiger charge is -2.28. The maximum Gasteiger partial charge on any atom is 0.275 e. The van der Waals surface area contributed by atoms with E-state index in [9.17, 15) is 4.79 Å². The number of pyridine rings is 1. The van der Waals surface area contributed by atoms with Crippen LogP contribution in [0.25, 0.3) is 0 Å². The Balaban J connectivity index is 1.75. The molecule has 1 aromatic rings. The molecule has 3 N–H and O–H groups in total. The molecule has 0 saturated carbocycles. The third kappa shape index (κ3) is 4.70. The lowest BCUT2D eigenvalue weighted by atomic mass is 10.1. The molecule has 0 spiro atoms. The number of carbonyl (C=O) groups is 1. The predicted molar refractivity (Wildman–Crippen MR) is 83.2 cm³/mol. The van der Waals surface area contributed by atoms with Gasteiger partial charge in [0.25, 0.3) is 11.7 Å². The normalized spacial score (nSPS) is 17.8. The number of hydrogen-bond donors (Lipinski definition) is 2. The van der Waals surface area contributed by atoms with Crippen molar-refractivity contribution in [2.45, 2.75) is 26.8 Å². The van der Waals surface area contributed by atoms with Crippen molar-refractivity contribution in [3.05, 3.63) is 24.4 Å². The number of aromatic nitrogens is 1. The minimum atomic E-state index is 0.172. The van der Waals surface area contributed by atoms with Crippen LogP contribution in [-0.2, 0) is 4.79 Å². The van der Waals surface area contributed by atoms with Crippen LogP contribution >= 0.6 is 0 Å². The second-order valence-electron chi connectivity index (χ2n) is 6.26. The summed E-state index contributed by atoms with van der Waals surface area (Å²) in [5, 5.41) is 3.09. The smallest absolute Gasteiger partial charge is 0.275 e. The van der Waals surface area contributed by atoms with Crippen LogP contribution < -0.4 is 20.1 Å². The van der Waals surface area contributed by atoms with E-state index in [1.165, 1.54) is 4.90 Å². The molecule has 116 valence electrons. The molecule has 0 aliphatic carbocycles. The van der Waals surface area contributed by atoms with Crippen molar-refractivity contribution in [2.24, 2.45) is 5.92 Å². The molecule has 1 aliphatic heterocycles. The van der Waals surface area contributed by atoms with Gasteiger partial charge in [-0.2, -0.15) is 0 Å². The molecule has 2 heterocycles. The van der Waals surface area contributed by atoms with E-state index < -0.39 is 0 Å². The quantitative estimate of drug-likeness (QED) is 0.759. The lowest BCUT2D eigenvalue weighted by Crippen LogP contribution is -3.16. The molecular weight excluding hydrogens is 264 g/mol. The van der Waals surface area contributed by atoms with Gasteiger partial charge < -0.3 is 10.2 Å². The van der Waals surface area contributed by atoms with Crippen molar-refractivity contribution in [3.8, 4) is 0 Å². The van der Waals surface area contributed by atoms with Crippen molar-refractivity contribution >= 4 is 11.7 Å². The zero-order valence-corrected chi connectivity index (χ0v) is 13.4. The van der Waals surface area contributed by atoms with E-state index in [0.717, 1.165) is 32.0 Å². The third-order valence-corrected chi connectivity index (χ3v) is 4.30. The second kappa shape index (κ2) is 7.41. The maximum atomic E-state index is 12.0. The third-order valence-electron chi connectivity index (χ3n) is 4.30. The number of piperazine rings is 1. The average Bonchev–Trinajstić information content (AvgIpc) is 2.48. The van der Waals surface area contributed by atoms with Gasteiger partial charge in [0.15, 0.2) is 6.54 Å². The number of H-pyrrole nitrogens is 1. The molecule has 0 radical (unpaired) electrons. The summed E-state index contributed by atoms with van der Waals surface area (Å²) in [5.41, 5.74) is 0. The van der Waals surface area contributed by atoms with Gasteiger partial charge in [0.05, 0.1) is 6.20 Å². The number of nitrogens with zero attached hydrogens (tertiary/aromatic N) is 1. The Bertz CT molecular complexity index is 441. The van der Waals surface area contributed by atoms with Crippen molar-refractivity contribution in [1.82, 2.24) is 5.32 Å². The monoisotopic (exact) mass is 292 g/mol. The molecule has 5 nitrogen and oxygen atoms in total. The standard InChI is InChI=1S/C16H26N4O/c1-13(2)14(3)18-16(21)12-19-8-10-20(11-9-19)15-6-4-5-7-17-15/h4-7,13-14H,8-12H2,1-3H3,(H,18,21)/p+2/t14-/m0/s1. The van der Waals surface area contributed by atoms with Crippen LogP contribution in [0.4, 0.5) is 5.82 Å². The van der Waals surface area contributed by atoms with E-state index in [4.69, 9.17) is 0 Å². The number of quaternary nitrogens is 1. The number of hydrogen-bond acceptors (Lipinski definition) is 2. The first kappa shape index (κ1) is 15.8. The number of aromatic amines is 1. The fraction of sp³-hybridized carbons (Fsp3) is 0.625. The summed E-state index contributed by atoms with van der Waals surface area (Å²) in [6.45, 7) is 10.9. The Hall–Kier alpha value is -1.62. The van der Waals surface area contributed by atoms with Gasteiger partial charge in [-0.05, 0) is 18.9 Å². The number of carbonyl (C=O) groups excluding carboxylic acids is 1. The van der Waals surface area contributed by atoms with Gasteiger partial charge >= 0.3 is 0 Å². The van der Waals surface area contributed by atoms with Crippen molar-refractivity contribution < 1.29 is 14.7 Å². The van der Waals surface area contributed by atoms with Crippen molar-refractivity contribution in [2.75, 3.05) is 37.6 Å². The summed E-state index contributed by atoms with van der Waals surface area (Å²) in [7, 11) is 0. The van der Waals surface area contributed by atoms with E-state index >= 15 is 0 Å². The van der Waals surface area contributed by atoms with Crippen LogP contribution in [0, 0.1) is 5.92 Å². The Morgan fingerprint density at radius 1 is 1.33 bits per heavy atom. The zero-order chi connectivity index (χ0) is 15.2. The van der Waals surface area contributed by atoms with Gasteiger partial charge in [-0.1, -0.05) is 19.9 Å². The van der Waals surface area contributed by atoms with Gasteiger partial charge in [-0.25, -0.2) is 4.98 Å². The summed E-state index contributed by atoms with van der Waals surface area (Å²) in [4.78, 5) is 19.0. The minimum absolute atomic E-state index is 0.172. The summed E-state index contributed by atoms with van der Waals surface area (Å²) < 4.78 is 0. The van der Waals surface area contributed by atoms with Gasteiger partial charge in [-0.3, -0.25) is 9.69 Å². The average molecular weight is 292 g/mol. The molecule has 0 bridgehead atoms. The Morgan fingerprint density at radius 2 is 2.05 bits per heavy atom. The number of rotatable bonds is 5.